The summed E-state index contributed by atoms with van der Waals surface area (Å²) in [4.78, 5) is 0. The molecule has 3 heteroatoms. The summed E-state index contributed by atoms with van der Waals surface area (Å²) in [6, 6.07) is 0. The third-order valence-corrected chi connectivity index (χ3v) is 4.55. The number of ether oxygens (including phenoxy) is 2. The van der Waals surface area contributed by atoms with Gasteiger partial charge in [-0.2, -0.15) is 0 Å². The Hall–Kier alpha value is -0.120. The molecule has 0 aromatic heterocycles. The second-order valence-electron chi connectivity index (χ2n) is 6.94. The van der Waals surface area contributed by atoms with Crippen molar-refractivity contribution in [1.29, 1.82) is 0 Å². The lowest BCUT2D eigenvalue weighted by molar-refractivity contribution is -0.122. The molecule has 0 aromatic carbocycles. The first-order chi connectivity index (χ1) is 8.45. The second-order valence-corrected chi connectivity index (χ2v) is 6.94. The van der Waals surface area contributed by atoms with Gasteiger partial charge < -0.3 is 15.2 Å². The van der Waals surface area contributed by atoms with Crippen LogP contribution in [0.15, 0.2) is 0 Å². The summed E-state index contributed by atoms with van der Waals surface area (Å²) in [5.41, 5.74) is 5.93. The molecule has 18 heavy (non-hydrogen) atoms. The summed E-state index contributed by atoms with van der Waals surface area (Å²) in [5.74, 6) is 0.739. The van der Waals surface area contributed by atoms with Gasteiger partial charge in [0.25, 0.3) is 0 Å². The van der Waals surface area contributed by atoms with E-state index in [-0.39, 0.29) is 17.3 Å². The van der Waals surface area contributed by atoms with Crippen LogP contribution in [0.2, 0.25) is 0 Å². The predicted molar refractivity (Wildman–Crippen MR) is 73.6 cm³/mol. The van der Waals surface area contributed by atoms with Crippen LogP contribution in [0, 0.1) is 5.92 Å². The number of nitrogens with two attached hydrogens (primary N) is 1. The normalized spacial score (nSPS) is 40.0. The standard InChI is InChI=1S/C15H29NO2/c1-12-5-4-7-15(9-12,11-16)17-10-13-6-8-14(2,3)18-13/h12-13H,4-11,16H2,1-3H3. The monoisotopic (exact) mass is 255 g/mol. The van der Waals surface area contributed by atoms with Crippen LogP contribution in [0.4, 0.5) is 0 Å². The lowest BCUT2D eigenvalue weighted by atomic mass is 9.79. The van der Waals surface area contributed by atoms with Crippen molar-refractivity contribution < 1.29 is 9.47 Å². The molecule has 1 saturated heterocycles. The molecule has 3 nitrogen and oxygen atoms in total. The third-order valence-electron chi connectivity index (χ3n) is 4.55. The van der Waals surface area contributed by atoms with E-state index < -0.39 is 0 Å². The Morgan fingerprint density at radius 2 is 2.06 bits per heavy atom. The van der Waals surface area contributed by atoms with Gasteiger partial charge in [-0.15, -0.1) is 0 Å². The summed E-state index contributed by atoms with van der Waals surface area (Å²) in [6.07, 6.45) is 7.30. The van der Waals surface area contributed by atoms with Gasteiger partial charge in [0.2, 0.25) is 0 Å². The van der Waals surface area contributed by atoms with Crippen LogP contribution in [0.25, 0.3) is 0 Å². The van der Waals surface area contributed by atoms with Crippen molar-refractivity contribution in [3.8, 4) is 0 Å². The molecule has 2 rings (SSSR count). The molecule has 1 aliphatic carbocycles. The van der Waals surface area contributed by atoms with Gasteiger partial charge in [-0.1, -0.05) is 19.8 Å². The molecule has 2 fully saturated rings. The van der Waals surface area contributed by atoms with Crippen LogP contribution in [0.1, 0.15) is 59.3 Å². The van der Waals surface area contributed by atoms with Crippen molar-refractivity contribution >= 4 is 0 Å². The van der Waals surface area contributed by atoms with Crippen molar-refractivity contribution in [1.82, 2.24) is 0 Å². The van der Waals surface area contributed by atoms with Gasteiger partial charge in [-0.05, 0) is 45.4 Å². The molecule has 3 unspecified atom stereocenters. The van der Waals surface area contributed by atoms with Crippen LogP contribution in [0.5, 0.6) is 0 Å². The second kappa shape index (κ2) is 5.48. The molecular weight excluding hydrogens is 226 g/mol. The summed E-state index contributed by atoms with van der Waals surface area (Å²) in [5, 5.41) is 0. The smallest absolute Gasteiger partial charge is 0.0817 e. The van der Waals surface area contributed by atoms with E-state index in [1.165, 1.54) is 12.8 Å². The van der Waals surface area contributed by atoms with Gasteiger partial charge in [-0.3, -0.25) is 0 Å². The minimum Gasteiger partial charge on any atom is -0.371 e. The zero-order valence-electron chi connectivity index (χ0n) is 12.2. The number of rotatable bonds is 4. The summed E-state index contributed by atoms with van der Waals surface area (Å²) in [6.45, 7) is 7.99. The lowest BCUT2D eigenvalue weighted by Crippen LogP contribution is -2.46. The zero-order chi connectivity index (χ0) is 13.2. The van der Waals surface area contributed by atoms with Crippen molar-refractivity contribution in [2.24, 2.45) is 11.7 Å². The molecule has 0 radical (unpaired) electrons. The molecule has 0 spiro atoms. The first kappa shape index (κ1) is 14.3. The van der Waals surface area contributed by atoms with Gasteiger partial charge in [0, 0.05) is 6.54 Å². The highest BCUT2D eigenvalue weighted by molar-refractivity contribution is 4.89. The molecule has 0 aromatic rings. The molecule has 2 N–H and O–H groups in total. The van der Waals surface area contributed by atoms with Crippen molar-refractivity contribution in [2.75, 3.05) is 13.2 Å². The number of hydrogen-bond donors (Lipinski definition) is 1. The average Bonchev–Trinajstić information content (AvgIpc) is 2.67. The molecule has 1 heterocycles. The molecule has 3 atom stereocenters. The number of hydrogen-bond acceptors (Lipinski definition) is 3. The van der Waals surface area contributed by atoms with E-state index in [1.54, 1.807) is 0 Å². The molecule has 0 amide bonds. The Kier molecular flexibility index (Phi) is 4.35. The van der Waals surface area contributed by atoms with Gasteiger partial charge in [0.15, 0.2) is 0 Å². The van der Waals surface area contributed by atoms with Crippen LogP contribution in [-0.2, 0) is 9.47 Å². The first-order valence-corrected chi connectivity index (χ1v) is 7.47. The molecule has 106 valence electrons. The van der Waals surface area contributed by atoms with Gasteiger partial charge in [-0.25, -0.2) is 0 Å². The Morgan fingerprint density at radius 1 is 1.28 bits per heavy atom. The topological polar surface area (TPSA) is 44.5 Å². The van der Waals surface area contributed by atoms with E-state index in [1.807, 2.05) is 0 Å². The highest BCUT2D eigenvalue weighted by Gasteiger charge is 2.37. The maximum absolute atomic E-state index is 6.22. The van der Waals surface area contributed by atoms with Crippen molar-refractivity contribution in [3.63, 3.8) is 0 Å². The maximum atomic E-state index is 6.22. The highest BCUT2D eigenvalue weighted by atomic mass is 16.6. The minimum absolute atomic E-state index is 0.0315. The van der Waals surface area contributed by atoms with Crippen molar-refractivity contribution in [2.45, 2.75) is 76.6 Å². The van der Waals surface area contributed by atoms with Gasteiger partial charge in [0.1, 0.15) is 0 Å². The quantitative estimate of drug-likeness (QED) is 0.840. The SMILES string of the molecule is CC1CCCC(CN)(OCC2CCC(C)(C)O2)C1. The van der Waals surface area contributed by atoms with Crippen LogP contribution < -0.4 is 5.73 Å². The summed E-state index contributed by atoms with van der Waals surface area (Å²) >= 11 is 0. The lowest BCUT2D eigenvalue weighted by Gasteiger charge is -2.39. The van der Waals surface area contributed by atoms with Crippen LogP contribution in [-0.4, -0.2) is 30.5 Å². The minimum atomic E-state index is -0.0756. The molecule has 1 aliphatic heterocycles. The summed E-state index contributed by atoms with van der Waals surface area (Å²) in [7, 11) is 0. The Labute approximate surface area is 111 Å². The van der Waals surface area contributed by atoms with E-state index >= 15 is 0 Å². The molecule has 1 saturated carbocycles. The van der Waals surface area contributed by atoms with Gasteiger partial charge in [0.05, 0.1) is 23.9 Å². The van der Waals surface area contributed by atoms with Crippen molar-refractivity contribution in [3.05, 3.63) is 0 Å². The third kappa shape index (κ3) is 3.46. The van der Waals surface area contributed by atoms with E-state index in [0.29, 0.717) is 13.2 Å². The largest absolute Gasteiger partial charge is 0.371 e. The Bertz CT molecular complexity index is 280. The van der Waals surface area contributed by atoms with E-state index in [9.17, 15) is 0 Å². The van der Waals surface area contributed by atoms with Crippen LogP contribution >= 0.6 is 0 Å². The summed E-state index contributed by atoms with van der Waals surface area (Å²) < 4.78 is 12.2. The van der Waals surface area contributed by atoms with E-state index in [2.05, 4.69) is 20.8 Å². The molecular formula is C15H29NO2. The molecule has 2 aliphatic rings. The van der Waals surface area contributed by atoms with Crippen LogP contribution in [0.3, 0.4) is 0 Å². The fraction of sp³-hybridized carbons (Fsp3) is 1.00. The molecule has 0 bridgehead atoms. The Balaban J connectivity index is 1.84. The highest BCUT2D eigenvalue weighted by Crippen LogP contribution is 2.36. The first-order valence-electron chi connectivity index (χ1n) is 7.47. The fourth-order valence-corrected chi connectivity index (χ4v) is 3.45. The average molecular weight is 255 g/mol. The fourth-order valence-electron chi connectivity index (χ4n) is 3.45. The van der Waals surface area contributed by atoms with E-state index in [0.717, 1.165) is 31.6 Å². The predicted octanol–water partition coefficient (Wildman–Crippen LogP) is 2.87. The Morgan fingerprint density at radius 3 is 2.61 bits per heavy atom. The van der Waals surface area contributed by atoms with Gasteiger partial charge >= 0.3 is 0 Å². The van der Waals surface area contributed by atoms with E-state index in [4.69, 9.17) is 15.2 Å². The zero-order valence-corrected chi connectivity index (χ0v) is 12.2. The maximum Gasteiger partial charge on any atom is 0.0817 e.